The molecule has 0 radical (unpaired) electrons. The Morgan fingerprint density at radius 2 is 2.29 bits per heavy atom. The van der Waals surface area contributed by atoms with Crippen LogP contribution in [-0.2, 0) is 4.79 Å². The molecule has 0 bridgehead atoms. The Morgan fingerprint density at radius 1 is 1.53 bits per heavy atom. The van der Waals surface area contributed by atoms with Crippen LogP contribution in [0.1, 0.15) is 19.8 Å². The predicted octanol–water partition coefficient (Wildman–Crippen LogP) is 2.52. The van der Waals surface area contributed by atoms with Crippen molar-refractivity contribution in [3.8, 4) is 0 Å². The van der Waals surface area contributed by atoms with Gasteiger partial charge >= 0.3 is 5.97 Å². The maximum Gasteiger partial charge on any atom is 0.311 e. The Balaban J connectivity index is 2.20. The van der Waals surface area contributed by atoms with Crippen molar-refractivity contribution < 1.29 is 14.3 Å². The van der Waals surface area contributed by atoms with Crippen molar-refractivity contribution in [3.05, 3.63) is 30.1 Å². The molecule has 0 amide bonds. The van der Waals surface area contributed by atoms with Crippen molar-refractivity contribution in [3.63, 3.8) is 0 Å². The number of halogens is 1. The van der Waals surface area contributed by atoms with E-state index >= 15 is 0 Å². The van der Waals surface area contributed by atoms with E-state index in [1.807, 2.05) is 11.0 Å². The number of nitrogens with zero attached hydrogens (tertiary/aromatic N) is 1. The van der Waals surface area contributed by atoms with Crippen LogP contribution in [-0.4, -0.2) is 24.2 Å². The normalized spacial score (nSPS) is 24.7. The van der Waals surface area contributed by atoms with Gasteiger partial charge in [0.2, 0.25) is 0 Å². The molecule has 0 saturated carbocycles. The van der Waals surface area contributed by atoms with Crippen molar-refractivity contribution in [2.75, 3.05) is 18.0 Å². The molecule has 1 heterocycles. The summed E-state index contributed by atoms with van der Waals surface area (Å²) in [5, 5.41) is 9.22. The summed E-state index contributed by atoms with van der Waals surface area (Å²) in [4.78, 5) is 13.2. The number of piperidine rings is 1. The summed E-state index contributed by atoms with van der Waals surface area (Å²) in [5.41, 5.74) is 0.0297. The maximum atomic E-state index is 13.1. The van der Waals surface area contributed by atoms with Gasteiger partial charge in [-0.3, -0.25) is 4.79 Å². The lowest BCUT2D eigenvalue weighted by Crippen LogP contribution is -2.46. The number of carbonyl (C=O) groups is 1. The van der Waals surface area contributed by atoms with Crippen LogP contribution < -0.4 is 4.90 Å². The Kier molecular flexibility index (Phi) is 3.05. The summed E-state index contributed by atoms with van der Waals surface area (Å²) in [6, 6.07) is 6.31. The highest BCUT2D eigenvalue weighted by Gasteiger charge is 2.37. The minimum atomic E-state index is -0.779. The first-order valence-corrected chi connectivity index (χ1v) is 5.75. The molecule has 1 N–H and O–H groups in total. The molecule has 1 fully saturated rings. The van der Waals surface area contributed by atoms with Gasteiger partial charge in [-0.05, 0) is 38.0 Å². The minimum Gasteiger partial charge on any atom is -0.481 e. The average molecular weight is 237 g/mol. The number of rotatable bonds is 2. The van der Waals surface area contributed by atoms with Crippen molar-refractivity contribution in [1.29, 1.82) is 0 Å². The Morgan fingerprint density at radius 3 is 2.94 bits per heavy atom. The smallest absolute Gasteiger partial charge is 0.311 e. The number of anilines is 1. The molecule has 17 heavy (non-hydrogen) atoms. The molecule has 1 unspecified atom stereocenters. The molecule has 1 aromatic rings. The largest absolute Gasteiger partial charge is 0.481 e. The summed E-state index contributed by atoms with van der Waals surface area (Å²) < 4.78 is 13.1. The summed E-state index contributed by atoms with van der Waals surface area (Å²) in [7, 11) is 0. The van der Waals surface area contributed by atoms with E-state index < -0.39 is 11.4 Å². The van der Waals surface area contributed by atoms with E-state index in [1.165, 1.54) is 12.1 Å². The van der Waals surface area contributed by atoms with Gasteiger partial charge in [0.05, 0.1) is 5.41 Å². The van der Waals surface area contributed by atoms with Gasteiger partial charge in [-0.1, -0.05) is 6.07 Å². The fourth-order valence-electron chi connectivity index (χ4n) is 2.31. The molecule has 0 aromatic heterocycles. The molecule has 1 aliphatic heterocycles. The molecule has 1 aliphatic rings. The maximum absolute atomic E-state index is 13.1. The highest BCUT2D eigenvalue weighted by molar-refractivity contribution is 5.75. The third kappa shape index (κ3) is 2.40. The van der Waals surface area contributed by atoms with Gasteiger partial charge in [-0.2, -0.15) is 0 Å². The first-order chi connectivity index (χ1) is 8.01. The number of carboxylic acids is 1. The van der Waals surface area contributed by atoms with Gasteiger partial charge < -0.3 is 10.0 Å². The number of hydrogen-bond donors (Lipinski definition) is 1. The Bertz CT molecular complexity index is 435. The van der Waals surface area contributed by atoms with E-state index in [2.05, 4.69) is 0 Å². The van der Waals surface area contributed by atoms with Gasteiger partial charge in [0.15, 0.2) is 0 Å². The lowest BCUT2D eigenvalue weighted by molar-refractivity contribution is -0.148. The second-order valence-corrected chi connectivity index (χ2v) is 4.87. The van der Waals surface area contributed by atoms with E-state index in [-0.39, 0.29) is 5.82 Å². The third-order valence-electron chi connectivity index (χ3n) is 3.39. The zero-order valence-corrected chi connectivity index (χ0v) is 9.82. The van der Waals surface area contributed by atoms with E-state index in [9.17, 15) is 14.3 Å². The minimum absolute atomic E-state index is 0.287. The number of carboxylic acid groups (broad SMARTS) is 1. The second-order valence-electron chi connectivity index (χ2n) is 4.87. The van der Waals surface area contributed by atoms with Crippen LogP contribution in [0, 0.1) is 11.2 Å². The molecule has 3 nitrogen and oxygen atoms in total. The van der Waals surface area contributed by atoms with Crippen LogP contribution in [0.15, 0.2) is 24.3 Å². The fraction of sp³-hybridized carbons (Fsp3) is 0.462. The molecule has 92 valence electrons. The lowest BCUT2D eigenvalue weighted by Gasteiger charge is -2.38. The van der Waals surface area contributed by atoms with Gasteiger partial charge in [0, 0.05) is 18.8 Å². The second kappa shape index (κ2) is 4.35. The molecular formula is C13H16FNO2. The molecule has 0 spiro atoms. The van der Waals surface area contributed by atoms with Gasteiger partial charge in [-0.15, -0.1) is 0 Å². The number of aliphatic carboxylic acids is 1. The van der Waals surface area contributed by atoms with Crippen LogP contribution in [0.25, 0.3) is 0 Å². The van der Waals surface area contributed by atoms with Gasteiger partial charge in [0.25, 0.3) is 0 Å². The number of benzene rings is 1. The monoisotopic (exact) mass is 237 g/mol. The van der Waals surface area contributed by atoms with Gasteiger partial charge in [-0.25, -0.2) is 4.39 Å². The van der Waals surface area contributed by atoms with E-state index in [0.29, 0.717) is 13.0 Å². The Labute approximate surface area is 99.9 Å². The van der Waals surface area contributed by atoms with E-state index in [1.54, 1.807) is 13.0 Å². The van der Waals surface area contributed by atoms with Crippen molar-refractivity contribution >= 4 is 11.7 Å². The molecule has 4 heteroatoms. The Hall–Kier alpha value is -1.58. The average Bonchev–Trinajstić information content (AvgIpc) is 2.29. The van der Waals surface area contributed by atoms with Crippen LogP contribution in [0.4, 0.5) is 10.1 Å². The summed E-state index contributed by atoms with van der Waals surface area (Å²) in [6.45, 7) is 2.97. The van der Waals surface area contributed by atoms with Crippen molar-refractivity contribution in [1.82, 2.24) is 0 Å². The first kappa shape index (κ1) is 11.9. The molecule has 1 saturated heterocycles. The quantitative estimate of drug-likeness (QED) is 0.859. The van der Waals surface area contributed by atoms with Crippen LogP contribution in [0.2, 0.25) is 0 Å². The summed E-state index contributed by atoms with van der Waals surface area (Å²) in [6.07, 6.45) is 1.49. The number of hydrogen-bond acceptors (Lipinski definition) is 2. The molecule has 1 aromatic carbocycles. The summed E-state index contributed by atoms with van der Waals surface area (Å²) >= 11 is 0. The highest BCUT2D eigenvalue weighted by Crippen LogP contribution is 2.32. The molecular weight excluding hydrogens is 221 g/mol. The lowest BCUT2D eigenvalue weighted by atomic mass is 9.82. The fourth-order valence-corrected chi connectivity index (χ4v) is 2.31. The first-order valence-electron chi connectivity index (χ1n) is 5.75. The van der Waals surface area contributed by atoms with Crippen LogP contribution >= 0.6 is 0 Å². The standard InChI is InChI=1S/C13H16FNO2/c1-13(12(16)17)6-3-7-15(9-13)11-5-2-4-10(14)8-11/h2,4-5,8H,3,6-7,9H2,1H3,(H,16,17). The predicted molar refractivity (Wildman–Crippen MR) is 63.6 cm³/mol. The highest BCUT2D eigenvalue weighted by atomic mass is 19.1. The van der Waals surface area contributed by atoms with Gasteiger partial charge in [0.1, 0.15) is 5.82 Å². The van der Waals surface area contributed by atoms with Crippen LogP contribution in [0.5, 0.6) is 0 Å². The van der Waals surface area contributed by atoms with E-state index in [0.717, 1.165) is 18.7 Å². The topological polar surface area (TPSA) is 40.5 Å². The van der Waals surface area contributed by atoms with Crippen LogP contribution in [0.3, 0.4) is 0 Å². The summed E-state index contributed by atoms with van der Waals surface area (Å²) in [5.74, 6) is -1.07. The zero-order valence-electron chi connectivity index (χ0n) is 9.82. The molecule has 2 rings (SSSR count). The zero-order chi connectivity index (χ0) is 12.5. The molecule has 0 aliphatic carbocycles. The van der Waals surface area contributed by atoms with E-state index in [4.69, 9.17) is 0 Å². The van der Waals surface area contributed by atoms with Crippen molar-refractivity contribution in [2.24, 2.45) is 5.41 Å². The molecule has 1 atom stereocenters. The SMILES string of the molecule is CC1(C(=O)O)CCCN(c2cccc(F)c2)C1. The van der Waals surface area contributed by atoms with Crippen molar-refractivity contribution in [2.45, 2.75) is 19.8 Å². The third-order valence-corrected chi connectivity index (χ3v) is 3.39.